The zero-order valence-electron chi connectivity index (χ0n) is 14.0. The summed E-state index contributed by atoms with van der Waals surface area (Å²) in [5, 5.41) is 3.24. The van der Waals surface area contributed by atoms with Gasteiger partial charge in [0.1, 0.15) is 5.82 Å². The van der Waals surface area contributed by atoms with Crippen LogP contribution in [-0.4, -0.2) is 12.5 Å². The Balaban J connectivity index is 1.50. The first-order valence-corrected chi connectivity index (χ1v) is 8.84. The van der Waals surface area contributed by atoms with Gasteiger partial charge in [0.05, 0.1) is 18.0 Å². The summed E-state index contributed by atoms with van der Waals surface area (Å²) in [4.78, 5) is 12.9. The first kappa shape index (κ1) is 16.2. The van der Waals surface area contributed by atoms with Gasteiger partial charge in [-0.15, -0.1) is 0 Å². The van der Waals surface area contributed by atoms with E-state index < -0.39 is 0 Å². The molecule has 0 aromatic heterocycles. The Hall–Kier alpha value is -2.24. The molecule has 1 saturated heterocycles. The van der Waals surface area contributed by atoms with Crippen molar-refractivity contribution < 1.29 is 9.18 Å². The number of hydrazine groups is 1. The zero-order chi connectivity index (χ0) is 17.2. The highest BCUT2D eigenvalue weighted by atomic mass is 19.1. The fourth-order valence-corrected chi connectivity index (χ4v) is 3.91. The van der Waals surface area contributed by atoms with Crippen LogP contribution in [-0.2, 0) is 11.2 Å². The Bertz CT molecular complexity index is 762. The standard InChI is InChI=1S/C20H22FN3O/c21-15-10-8-14(9-11-15)19-17(12-22-24-19)20(25)23-18-7-3-5-13-4-1-2-6-16(13)18/h1-2,4,6,8-11,17-19,22,24H,3,5,7,12H2,(H,23,25). The minimum atomic E-state index is -0.269. The van der Waals surface area contributed by atoms with Gasteiger partial charge in [-0.25, -0.2) is 9.82 Å². The van der Waals surface area contributed by atoms with E-state index in [2.05, 4.69) is 34.4 Å². The van der Waals surface area contributed by atoms with Crippen molar-refractivity contribution in [2.75, 3.05) is 6.54 Å². The molecule has 25 heavy (non-hydrogen) atoms. The minimum absolute atomic E-state index is 0.0357. The summed E-state index contributed by atoms with van der Waals surface area (Å²) in [5.41, 5.74) is 9.69. The van der Waals surface area contributed by atoms with Crippen molar-refractivity contribution >= 4 is 5.91 Å². The Morgan fingerprint density at radius 1 is 1.12 bits per heavy atom. The SMILES string of the molecule is O=C(NC1CCCc2ccccc21)C1CNNC1c1ccc(F)cc1. The number of hydrogen-bond acceptors (Lipinski definition) is 3. The molecule has 3 N–H and O–H groups in total. The lowest BCUT2D eigenvalue weighted by Crippen LogP contribution is -2.38. The number of amides is 1. The maximum absolute atomic E-state index is 13.2. The molecule has 4 rings (SSSR count). The molecule has 1 fully saturated rings. The highest BCUT2D eigenvalue weighted by molar-refractivity contribution is 5.80. The Kier molecular flexibility index (Phi) is 4.51. The van der Waals surface area contributed by atoms with E-state index in [1.807, 2.05) is 6.07 Å². The molecular weight excluding hydrogens is 317 g/mol. The first-order valence-electron chi connectivity index (χ1n) is 8.84. The van der Waals surface area contributed by atoms with Crippen LogP contribution >= 0.6 is 0 Å². The van der Waals surface area contributed by atoms with Crippen LogP contribution < -0.4 is 16.2 Å². The predicted octanol–water partition coefficient (Wildman–Crippen LogP) is 2.78. The van der Waals surface area contributed by atoms with E-state index in [1.165, 1.54) is 23.3 Å². The summed E-state index contributed by atoms with van der Waals surface area (Å²) in [7, 11) is 0. The largest absolute Gasteiger partial charge is 0.349 e. The van der Waals surface area contributed by atoms with Crippen molar-refractivity contribution in [1.29, 1.82) is 0 Å². The normalized spacial score (nSPS) is 25.4. The van der Waals surface area contributed by atoms with Gasteiger partial charge < -0.3 is 5.32 Å². The van der Waals surface area contributed by atoms with E-state index in [-0.39, 0.29) is 29.7 Å². The van der Waals surface area contributed by atoms with Gasteiger partial charge in [-0.1, -0.05) is 36.4 Å². The van der Waals surface area contributed by atoms with Crippen molar-refractivity contribution in [3.05, 3.63) is 71.0 Å². The Morgan fingerprint density at radius 2 is 1.92 bits per heavy atom. The van der Waals surface area contributed by atoms with Crippen molar-refractivity contribution in [3.63, 3.8) is 0 Å². The molecule has 0 bridgehead atoms. The maximum atomic E-state index is 13.2. The van der Waals surface area contributed by atoms with E-state index >= 15 is 0 Å². The van der Waals surface area contributed by atoms with E-state index in [0.717, 1.165) is 24.8 Å². The molecule has 0 spiro atoms. The lowest BCUT2D eigenvalue weighted by Gasteiger charge is -2.28. The number of rotatable bonds is 3. The number of carbonyl (C=O) groups excluding carboxylic acids is 1. The monoisotopic (exact) mass is 339 g/mol. The van der Waals surface area contributed by atoms with Gasteiger partial charge in [0, 0.05) is 6.54 Å². The molecule has 4 nitrogen and oxygen atoms in total. The quantitative estimate of drug-likeness (QED) is 0.806. The molecule has 2 aromatic rings. The van der Waals surface area contributed by atoms with Gasteiger partial charge in [-0.05, 0) is 48.1 Å². The number of benzene rings is 2. The van der Waals surface area contributed by atoms with Crippen LogP contribution in [0.15, 0.2) is 48.5 Å². The van der Waals surface area contributed by atoms with Crippen molar-refractivity contribution in [2.24, 2.45) is 5.92 Å². The molecule has 1 amide bonds. The highest BCUT2D eigenvalue weighted by Crippen LogP contribution is 2.31. The average Bonchev–Trinajstić information content (AvgIpc) is 3.12. The number of hydrogen-bond donors (Lipinski definition) is 3. The summed E-state index contributed by atoms with van der Waals surface area (Å²) in [6.07, 6.45) is 3.13. The molecule has 1 aliphatic heterocycles. The summed E-state index contributed by atoms with van der Waals surface area (Å²) in [5.74, 6) is -0.456. The van der Waals surface area contributed by atoms with Crippen LogP contribution in [0.4, 0.5) is 4.39 Å². The average molecular weight is 339 g/mol. The number of halogens is 1. The molecule has 2 aliphatic rings. The summed E-state index contributed by atoms with van der Waals surface area (Å²) in [6.45, 7) is 0.558. The van der Waals surface area contributed by atoms with Crippen LogP contribution in [0.3, 0.4) is 0 Å². The van der Waals surface area contributed by atoms with E-state index in [4.69, 9.17) is 0 Å². The number of nitrogens with one attached hydrogen (secondary N) is 3. The number of aryl methyl sites for hydroxylation is 1. The van der Waals surface area contributed by atoms with E-state index in [1.54, 1.807) is 12.1 Å². The Labute approximate surface area is 146 Å². The number of carbonyl (C=O) groups is 1. The second kappa shape index (κ2) is 6.94. The topological polar surface area (TPSA) is 53.2 Å². The molecule has 2 aromatic carbocycles. The first-order chi connectivity index (χ1) is 12.2. The van der Waals surface area contributed by atoms with Crippen LogP contribution in [0.25, 0.3) is 0 Å². The third-order valence-corrected chi connectivity index (χ3v) is 5.23. The van der Waals surface area contributed by atoms with Crippen LogP contribution in [0.1, 0.15) is 41.6 Å². The zero-order valence-corrected chi connectivity index (χ0v) is 14.0. The number of fused-ring (bicyclic) bond motifs is 1. The lowest BCUT2D eigenvalue weighted by atomic mass is 9.87. The smallest absolute Gasteiger partial charge is 0.226 e. The fourth-order valence-electron chi connectivity index (χ4n) is 3.91. The molecule has 130 valence electrons. The van der Waals surface area contributed by atoms with Gasteiger partial charge in [0.15, 0.2) is 0 Å². The fraction of sp³-hybridized carbons (Fsp3) is 0.350. The van der Waals surface area contributed by atoms with E-state index in [9.17, 15) is 9.18 Å². The highest BCUT2D eigenvalue weighted by Gasteiger charge is 2.35. The molecule has 5 heteroatoms. The van der Waals surface area contributed by atoms with Crippen LogP contribution in [0, 0.1) is 11.7 Å². The van der Waals surface area contributed by atoms with Crippen molar-refractivity contribution in [1.82, 2.24) is 16.2 Å². The molecule has 1 heterocycles. The minimum Gasteiger partial charge on any atom is -0.349 e. The van der Waals surface area contributed by atoms with E-state index in [0.29, 0.717) is 6.54 Å². The predicted molar refractivity (Wildman–Crippen MR) is 94.0 cm³/mol. The van der Waals surface area contributed by atoms with Gasteiger partial charge in [-0.2, -0.15) is 0 Å². The van der Waals surface area contributed by atoms with Crippen molar-refractivity contribution in [2.45, 2.75) is 31.3 Å². The van der Waals surface area contributed by atoms with Gasteiger partial charge >= 0.3 is 0 Å². The molecular formula is C20H22FN3O. The molecule has 0 saturated carbocycles. The molecule has 1 aliphatic carbocycles. The molecule has 3 atom stereocenters. The second-order valence-electron chi connectivity index (χ2n) is 6.81. The van der Waals surface area contributed by atoms with Gasteiger partial charge in [-0.3, -0.25) is 10.2 Å². The second-order valence-corrected chi connectivity index (χ2v) is 6.81. The molecule has 0 radical (unpaired) electrons. The summed E-state index contributed by atoms with van der Waals surface area (Å²) >= 11 is 0. The third kappa shape index (κ3) is 3.30. The molecule has 3 unspecified atom stereocenters. The van der Waals surface area contributed by atoms with Gasteiger partial charge in [0.2, 0.25) is 5.91 Å². The maximum Gasteiger partial charge on any atom is 0.226 e. The van der Waals surface area contributed by atoms with Gasteiger partial charge in [0.25, 0.3) is 0 Å². The van der Waals surface area contributed by atoms with Crippen molar-refractivity contribution in [3.8, 4) is 0 Å². The lowest BCUT2D eigenvalue weighted by molar-refractivity contribution is -0.125. The van der Waals surface area contributed by atoms with Crippen LogP contribution in [0.2, 0.25) is 0 Å². The summed E-state index contributed by atoms with van der Waals surface area (Å²) in [6, 6.07) is 14.6. The Morgan fingerprint density at radius 3 is 2.76 bits per heavy atom. The third-order valence-electron chi connectivity index (χ3n) is 5.23. The summed E-state index contributed by atoms with van der Waals surface area (Å²) < 4.78 is 13.2. The van der Waals surface area contributed by atoms with Crippen LogP contribution in [0.5, 0.6) is 0 Å².